The number of hydrogen-bond donors (Lipinski definition) is 1. The summed E-state index contributed by atoms with van der Waals surface area (Å²) in [4.78, 5) is 22.5. The number of methoxy groups -OCH3 is 1. The predicted octanol–water partition coefficient (Wildman–Crippen LogP) is 0.798. The fraction of sp³-hybridized carbons (Fsp3) is 0.778. The number of hydrogen-bond acceptors (Lipinski definition) is 4. The zero-order valence-corrected chi connectivity index (χ0v) is 10.5. The fourth-order valence-electron chi connectivity index (χ4n) is 0.913. The van der Waals surface area contributed by atoms with Crippen molar-refractivity contribution < 1.29 is 19.4 Å². The van der Waals surface area contributed by atoms with Crippen molar-refractivity contribution in [3.05, 3.63) is 0 Å². The van der Waals surface area contributed by atoms with Crippen LogP contribution in [0.1, 0.15) is 13.3 Å². The molecule has 0 aliphatic rings. The molecule has 82 valence electrons. The Kier molecular flexibility index (Phi) is 7.08. The number of carbonyl (C=O) groups excluding carboxylic acids is 2. The lowest BCUT2D eigenvalue weighted by Crippen LogP contribution is -2.25. The third kappa shape index (κ3) is 4.36. The lowest BCUT2D eigenvalue weighted by molar-refractivity contribution is -0.146. The Balaban J connectivity index is 4.18. The van der Waals surface area contributed by atoms with Crippen LogP contribution in [0.5, 0.6) is 0 Å². The Hall–Kier alpha value is -0.170. The number of alkyl halides is 1. The molecule has 0 saturated carbocycles. The second-order valence-electron chi connectivity index (χ2n) is 3.13. The predicted molar refractivity (Wildman–Crippen MR) is 60.3 cm³/mol. The molecule has 0 spiro atoms. The molecule has 1 N–H and O–H groups in total. The monoisotopic (exact) mass is 314 g/mol. The first-order valence-electron chi connectivity index (χ1n) is 4.34. The van der Waals surface area contributed by atoms with Gasteiger partial charge in [-0.2, -0.15) is 0 Å². The van der Waals surface area contributed by atoms with Crippen molar-refractivity contribution in [2.24, 2.45) is 11.8 Å². The SMILES string of the molecule is COC(=O)C(CI)CC(=O)C(C)CO. The van der Waals surface area contributed by atoms with E-state index in [9.17, 15) is 9.59 Å². The van der Waals surface area contributed by atoms with Gasteiger partial charge in [0, 0.05) is 16.8 Å². The maximum Gasteiger partial charge on any atom is 0.309 e. The van der Waals surface area contributed by atoms with Crippen LogP contribution in [0.4, 0.5) is 0 Å². The summed E-state index contributed by atoms with van der Waals surface area (Å²) in [6, 6.07) is 0. The van der Waals surface area contributed by atoms with Crippen molar-refractivity contribution in [3.63, 3.8) is 0 Å². The van der Waals surface area contributed by atoms with E-state index in [1.54, 1.807) is 6.92 Å². The Morgan fingerprint density at radius 1 is 1.50 bits per heavy atom. The van der Waals surface area contributed by atoms with Crippen LogP contribution < -0.4 is 0 Å². The summed E-state index contributed by atoms with van der Waals surface area (Å²) in [7, 11) is 1.31. The number of carbonyl (C=O) groups is 2. The summed E-state index contributed by atoms with van der Waals surface area (Å²) in [6.45, 7) is 1.47. The van der Waals surface area contributed by atoms with Crippen LogP contribution >= 0.6 is 22.6 Å². The van der Waals surface area contributed by atoms with E-state index >= 15 is 0 Å². The molecule has 0 aliphatic carbocycles. The van der Waals surface area contributed by atoms with Gasteiger partial charge in [0.1, 0.15) is 5.78 Å². The Labute approximate surface area is 97.2 Å². The minimum atomic E-state index is -0.398. The van der Waals surface area contributed by atoms with Crippen LogP contribution in [0, 0.1) is 11.8 Å². The number of ether oxygens (including phenoxy) is 1. The topological polar surface area (TPSA) is 63.6 Å². The van der Waals surface area contributed by atoms with Gasteiger partial charge < -0.3 is 9.84 Å². The lowest BCUT2D eigenvalue weighted by Gasteiger charge is -2.12. The van der Waals surface area contributed by atoms with E-state index in [1.807, 2.05) is 22.6 Å². The van der Waals surface area contributed by atoms with Crippen molar-refractivity contribution in [3.8, 4) is 0 Å². The van der Waals surface area contributed by atoms with Crippen LogP contribution in [0.2, 0.25) is 0 Å². The standard InChI is InChI=1S/C9H15IO4/c1-6(5-11)8(12)3-7(4-10)9(13)14-2/h6-7,11H,3-5H2,1-2H3. The van der Waals surface area contributed by atoms with Crippen molar-refractivity contribution in [1.29, 1.82) is 0 Å². The maximum absolute atomic E-state index is 11.4. The van der Waals surface area contributed by atoms with E-state index in [4.69, 9.17) is 5.11 Å². The smallest absolute Gasteiger partial charge is 0.309 e. The van der Waals surface area contributed by atoms with Crippen LogP contribution in [-0.4, -0.2) is 35.0 Å². The molecule has 2 atom stereocenters. The molecule has 0 aromatic rings. The average molecular weight is 314 g/mol. The van der Waals surface area contributed by atoms with Crippen LogP contribution in [0.15, 0.2) is 0 Å². The molecular weight excluding hydrogens is 299 g/mol. The third-order valence-corrected chi connectivity index (χ3v) is 3.06. The lowest BCUT2D eigenvalue weighted by atomic mass is 9.97. The number of aliphatic hydroxyl groups is 1. The summed E-state index contributed by atoms with van der Waals surface area (Å²) in [5, 5.41) is 8.75. The molecule has 0 aliphatic heterocycles. The number of esters is 1. The van der Waals surface area contributed by atoms with Gasteiger partial charge >= 0.3 is 5.97 Å². The van der Waals surface area contributed by atoms with E-state index in [0.29, 0.717) is 4.43 Å². The molecule has 4 nitrogen and oxygen atoms in total. The first-order chi connectivity index (χ1) is 6.56. The quantitative estimate of drug-likeness (QED) is 0.447. The number of ketones is 1. The number of Topliss-reactive ketones (excluding diaryl/α,β-unsaturated/α-hetero) is 1. The van der Waals surface area contributed by atoms with Crippen LogP contribution in [0.3, 0.4) is 0 Å². The first-order valence-corrected chi connectivity index (χ1v) is 5.86. The van der Waals surface area contributed by atoms with Gasteiger partial charge in [0.2, 0.25) is 0 Å². The molecule has 0 rings (SSSR count). The molecule has 0 aromatic heterocycles. The van der Waals surface area contributed by atoms with Crippen molar-refractivity contribution in [2.45, 2.75) is 13.3 Å². The Morgan fingerprint density at radius 2 is 2.07 bits per heavy atom. The van der Waals surface area contributed by atoms with Gasteiger partial charge in [0.25, 0.3) is 0 Å². The minimum Gasteiger partial charge on any atom is -0.469 e. The second-order valence-corrected chi connectivity index (χ2v) is 4.01. The molecule has 0 amide bonds. The molecule has 0 radical (unpaired) electrons. The summed E-state index contributed by atoms with van der Waals surface area (Å²) >= 11 is 2.04. The normalized spacial score (nSPS) is 14.6. The highest BCUT2D eigenvalue weighted by molar-refractivity contribution is 14.1. The Morgan fingerprint density at radius 3 is 2.43 bits per heavy atom. The molecule has 0 aromatic carbocycles. The minimum absolute atomic E-state index is 0.0976. The van der Waals surface area contributed by atoms with Crippen molar-refractivity contribution >= 4 is 34.3 Å². The van der Waals surface area contributed by atoms with Crippen molar-refractivity contribution in [2.75, 3.05) is 18.1 Å². The molecule has 0 saturated heterocycles. The van der Waals surface area contributed by atoms with E-state index in [1.165, 1.54) is 7.11 Å². The highest BCUT2D eigenvalue weighted by Gasteiger charge is 2.23. The van der Waals surface area contributed by atoms with E-state index in [0.717, 1.165) is 0 Å². The van der Waals surface area contributed by atoms with E-state index in [-0.39, 0.29) is 30.7 Å². The van der Waals surface area contributed by atoms with Gasteiger partial charge in [-0.15, -0.1) is 0 Å². The zero-order valence-electron chi connectivity index (χ0n) is 8.33. The molecule has 2 unspecified atom stereocenters. The van der Waals surface area contributed by atoms with Gasteiger partial charge in [-0.25, -0.2) is 0 Å². The largest absolute Gasteiger partial charge is 0.469 e. The fourth-order valence-corrected chi connectivity index (χ4v) is 1.58. The molecule has 14 heavy (non-hydrogen) atoms. The highest BCUT2D eigenvalue weighted by atomic mass is 127. The molecule has 0 heterocycles. The molecule has 5 heteroatoms. The van der Waals surface area contributed by atoms with Gasteiger partial charge in [-0.05, 0) is 0 Å². The first kappa shape index (κ1) is 13.8. The van der Waals surface area contributed by atoms with Gasteiger partial charge in [-0.3, -0.25) is 9.59 Å². The van der Waals surface area contributed by atoms with Gasteiger partial charge in [-0.1, -0.05) is 29.5 Å². The number of halogens is 1. The highest BCUT2D eigenvalue weighted by Crippen LogP contribution is 2.13. The summed E-state index contributed by atoms with van der Waals surface area (Å²) in [5.74, 6) is -1.25. The van der Waals surface area contributed by atoms with Gasteiger partial charge in [0.05, 0.1) is 19.6 Å². The second kappa shape index (κ2) is 7.17. The van der Waals surface area contributed by atoms with E-state index < -0.39 is 5.92 Å². The Bertz CT molecular complexity index is 205. The zero-order chi connectivity index (χ0) is 11.1. The molecule has 0 bridgehead atoms. The number of aliphatic hydroxyl groups excluding tert-OH is 1. The molecule has 0 fully saturated rings. The van der Waals surface area contributed by atoms with Crippen molar-refractivity contribution in [1.82, 2.24) is 0 Å². The molecular formula is C9H15IO4. The summed E-state index contributed by atoms with van der Waals surface area (Å²) < 4.78 is 5.11. The average Bonchev–Trinajstić information content (AvgIpc) is 2.22. The summed E-state index contributed by atoms with van der Waals surface area (Å²) in [6.07, 6.45) is 0.150. The maximum atomic E-state index is 11.4. The van der Waals surface area contributed by atoms with Crippen LogP contribution in [-0.2, 0) is 14.3 Å². The van der Waals surface area contributed by atoms with E-state index in [2.05, 4.69) is 4.74 Å². The third-order valence-electron chi connectivity index (χ3n) is 1.99. The number of rotatable bonds is 6. The summed E-state index contributed by atoms with van der Waals surface area (Å²) in [5.41, 5.74) is 0. The van der Waals surface area contributed by atoms with Crippen LogP contribution in [0.25, 0.3) is 0 Å². The van der Waals surface area contributed by atoms with Gasteiger partial charge in [0.15, 0.2) is 0 Å².